The highest BCUT2D eigenvalue weighted by molar-refractivity contribution is 7.89. The molecule has 0 unspecified atom stereocenters. The van der Waals surface area contributed by atoms with Gasteiger partial charge in [0.1, 0.15) is 23.1 Å². The lowest BCUT2D eigenvalue weighted by Crippen LogP contribution is -2.40. The second-order valence-corrected chi connectivity index (χ2v) is 8.25. The molecule has 0 radical (unpaired) electrons. The SMILES string of the molecule is O=C(CCNS(=O)(=O)c1cccnc1)N1CCC[C@H]1COc1ccc(F)cc1. The van der Waals surface area contributed by atoms with E-state index in [0.29, 0.717) is 18.9 Å². The highest BCUT2D eigenvalue weighted by atomic mass is 32.2. The summed E-state index contributed by atoms with van der Waals surface area (Å²) in [6, 6.07) is 8.64. The van der Waals surface area contributed by atoms with Crippen LogP contribution in [0.2, 0.25) is 0 Å². The summed E-state index contributed by atoms with van der Waals surface area (Å²) in [5.41, 5.74) is 0. The number of rotatable bonds is 8. The summed E-state index contributed by atoms with van der Waals surface area (Å²) in [5.74, 6) is 0.0859. The molecule has 9 heteroatoms. The number of benzene rings is 1. The summed E-state index contributed by atoms with van der Waals surface area (Å²) < 4.78 is 45.4. The molecule has 1 aliphatic rings. The summed E-state index contributed by atoms with van der Waals surface area (Å²) in [7, 11) is -3.68. The van der Waals surface area contributed by atoms with Gasteiger partial charge in [-0.3, -0.25) is 9.78 Å². The molecule has 7 nitrogen and oxygen atoms in total. The van der Waals surface area contributed by atoms with Crippen LogP contribution >= 0.6 is 0 Å². The Kier molecular flexibility index (Phi) is 6.58. The monoisotopic (exact) mass is 407 g/mol. The number of carbonyl (C=O) groups is 1. The maximum Gasteiger partial charge on any atom is 0.242 e. The van der Waals surface area contributed by atoms with Gasteiger partial charge < -0.3 is 9.64 Å². The average Bonchev–Trinajstić information content (AvgIpc) is 3.17. The van der Waals surface area contributed by atoms with Crippen molar-refractivity contribution in [2.24, 2.45) is 0 Å². The Morgan fingerprint density at radius 1 is 1.29 bits per heavy atom. The van der Waals surface area contributed by atoms with Crippen molar-refractivity contribution in [3.05, 3.63) is 54.6 Å². The van der Waals surface area contributed by atoms with E-state index >= 15 is 0 Å². The zero-order chi connectivity index (χ0) is 20.0. The number of aromatic nitrogens is 1. The van der Waals surface area contributed by atoms with Gasteiger partial charge in [0.15, 0.2) is 0 Å². The Morgan fingerprint density at radius 2 is 2.07 bits per heavy atom. The molecule has 1 fully saturated rings. The van der Waals surface area contributed by atoms with Crippen molar-refractivity contribution in [2.75, 3.05) is 19.7 Å². The Morgan fingerprint density at radius 3 is 2.79 bits per heavy atom. The topological polar surface area (TPSA) is 88.6 Å². The summed E-state index contributed by atoms with van der Waals surface area (Å²) in [6.07, 6.45) is 4.49. The van der Waals surface area contributed by atoms with Gasteiger partial charge in [-0.05, 0) is 49.2 Å². The quantitative estimate of drug-likeness (QED) is 0.723. The number of amides is 1. The number of pyridine rings is 1. The molecule has 1 aromatic carbocycles. The van der Waals surface area contributed by atoms with Crippen LogP contribution in [-0.2, 0) is 14.8 Å². The van der Waals surface area contributed by atoms with Crippen molar-refractivity contribution < 1.29 is 22.3 Å². The summed E-state index contributed by atoms with van der Waals surface area (Å²) in [5, 5.41) is 0. The fourth-order valence-electron chi connectivity index (χ4n) is 3.09. The molecule has 0 aliphatic carbocycles. The first-order valence-electron chi connectivity index (χ1n) is 9.03. The number of carbonyl (C=O) groups excluding carboxylic acids is 1. The van der Waals surface area contributed by atoms with Crippen LogP contribution in [0.25, 0.3) is 0 Å². The molecule has 1 amide bonds. The van der Waals surface area contributed by atoms with Gasteiger partial charge in [0.2, 0.25) is 15.9 Å². The molecule has 1 aliphatic heterocycles. The molecular weight excluding hydrogens is 385 g/mol. The Bertz CT molecular complexity index is 891. The number of halogens is 1. The fourth-order valence-corrected chi connectivity index (χ4v) is 4.08. The van der Waals surface area contributed by atoms with Crippen LogP contribution in [0.3, 0.4) is 0 Å². The van der Waals surface area contributed by atoms with E-state index in [1.807, 2.05) is 0 Å². The average molecular weight is 407 g/mol. The third-order valence-corrected chi connectivity index (χ3v) is 5.98. The van der Waals surface area contributed by atoms with Crippen molar-refractivity contribution >= 4 is 15.9 Å². The van der Waals surface area contributed by atoms with Crippen LogP contribution in [0, 0.1) is 5.82 Å². The molecule has 3 rings (SSSR count). The third-order valence-electron chi connectivity index (χ3n) is 4.53. The molecule has 2 aromatic rings. The largest absolute Gasteiger partial charge is 0.491 e. The third kappa shape index (κ3) is 5.26. The molecule has 28 heavy (non-hydrogen) atoms. The van der Waals surface area contributed by atoms with E-state index in [2.05, 4.69) is 9.71 Å². The molecule has 1 N–H and O–H groups in total. The minimum absolute atomic E-state index is 0.0120. The van der Waals surface area contributed by atoms with Crippen LogP contribution in [0.4, 0.5) is 4.39 Å². The lowest BCUT2D eigenvalue weighted by atomic mass is 10.2. The van der Waals surface area contributed by atoms with Crippen molar-refractivity contribution in [1.82, 2.24) is 14.6 Å². The van der Waals surface area contributed by atoms with Crippen LogP contribution < -0.4 is 9.46 Å². The normalized spacial score (nSPS) is 16.9. The number of nitrogens with one attached hydrogen (secondary N) is 1. The summed E-state index contributed by atoms with van der Waals surface area (Å²) >= 11 is 0. The van der Waals surface area contributed by atoms with Crippen LogP contribution in [0.1, 0.15) is 19.3 Å². The van der Waals surface area contributed by atoms with Crippen molar-refractivity contribution in [3.63, 3.8) is 0 Å². The number of hydrogen-bond donors (Lipinski definition) is 1. The van der Waals surface area contributed by atoms with Gasteiger partial charge in [0.25, 0.3) is 0 Å². The molecule has 0 bridgehead atoms. The maximum atomic E-state index is 12.9. The highest BCUT2D eigenvalue weighted by Gasteiger charge is 2.29. The lowest BCUT2D eigenvalue weighted by molar-refractivity contribution is -0.132. The van der Waals surface area contributed by atoms with Gasteiger partial charge in [0.05, 0.1) is 6.04 Å². The zero-order valence-electron chi connectivity index (χ0n) is 15.3. The number of nitrogens with zero attached hydrogens (tertiary/aromatic N) is 2. The van der Waals surface area contributed by atoms with Gasteiger partial charge in [-0.25, -0.2) is 17.5 Å². The Labute approximate surface area is 163 Å². The van der Waals surface area contributed by atoms with Gasteiger partial charge in [-0.15, -0.1) is 0 Å². The summed E-state index contributed by atoms with van der Waals surface area (Å²) in [6.45, 7) is 0.947. The van der Waals surface area contributed by atoms with Crippen molar-refractivity contribution in [2.45, 2.75) is 30.2 Å². The van der Waals surface area contributed by atoms with E-state index < -0.39 is 10.0 Å². The molecule has 150 valence electrons. The number of ether oxygens (including phenoxy) is 1. The number of likely N-dealkylation sites (tertiary alicyclic amines) is 1. The smallest absolute Gasteiger partial charge is 0.242 e. The predicted molar refractivity (Wildman–Crippen MR) is 101 cm³/mol. The van der Waals surface area contributed by atoms with Gasteiger partial charge in [-0.2, -0.15) is 0 Å². The second kappa shape index (κ2) is 9.11. The summed E-state index contributed by atoms with van der Waals surface area (Å²) in [4.78, 5) is 18.1. The Balaban J connectivity index is 1.48. The van der Waals surface area contributed by atoms with Gasteiger partial charge in [-0.1, -0.05) is 0 Å². The van der Waals surface area contributed by atoms with Crippen molar-refractivity contribution in [3.8, 4) is 5.75 Å². The Hall–Kier alpha value is -2.52. The molecular formula is C19H22FN3O4S. The van der Waals surface area contributed by atoms with E-state index in [0.717, 1.165) is 12.8 Å². The minimum atomic E-state index is -3.68. The van der Waals surface area contributed by atoms with Gasteiger partial charge >= 0.3 is 0 Å². The van der Waals surface area contributed by atoms with E-state index in [4.69, 9.17) is 4.74 Å². The van der Waals surface area contributed by atoms with Crippen molar-refractivity contribution in [1.29, 1.82) is 0 Å². The van der Waals surface area contributed by atoms with Crippen LogP contribution in [-0.4, -0.2) is 49.9 Å². The first-order chi connectivity index (χ1) is 13.5. The number of sulfonamides is 1. The van der Waals surface area contributed by atoms with Gasteiger partial charge in [0, 0.05) is 31.9 Å². The highest BCUT2D eigenvalue weighted by Crippen LogP contribution is 2.20. The minimum Gasteiger partial charge on any atom is -0.491 e. The maximum absolute atomic E-state index is 12.9. The fraction of sp³-hybridized carbons (Fsp3) is 0.368. The molecule has 1 atom stereocenters. The molecule has 1 aromatic heterocycles. The number of hydrogen-bond acceptors (Lipinski definition) is 5. The van der Waals surface area contributed by atoms with Crippen LogP contribution in [0.15, 0.2) is 53.7 Å². The zero-order valence-corrected chi connectivity index (χ0v) is 16.1. The van der Waals surface area contributed by atoms with Crippen LogP contribution in [0.5, 0.6) is 5.75 Å². The molecule has 2 heterocycles. The van der Waals surface area contributed by atoms with E-state index in [9.17, 15) is 17.6 Å². The standard InChI is InChI=1S/C19H22FN3O4S/c20-15-5-7-17(8-6-15)27-14-16-3-2-12-23(16)19(24)9-11-22-28(25,26)18-4-1-10-21-13-18/h1,4-8,10,13,16,22H,2-3,9,11-12,14H2/t16-/m0/s1. The second-order valence-electron chi connectivity index (χ2n) is 6.48. The molecule has 0 spiro atoms. The molecule has 1 saturated heterocycles. The lowest BCUT2D eigenvalue weighted by Gasteiger charge is -2.25. The predicted octanol–water partition coefficient (Wildman–Crippen LogP) is 1.96. The molecule has 0 saturated carbocycles. The first kappa shape index (κ1) is 20.2. The van der Waals surface area contributed by atoms with E-state index in [1.165, 1.54) is 36.7 Å². The van der Waals surface area contributed by atoms with E-state index in [1.54, 1.807) is 17.0 Å². The first-order valence-corrected chi connectivity index (χ1v) is 10.5. The van der Waals surface area contributed by atoms with E-state index in [-0.39, 0.29) is 35.6 Å².